The van der Waals surface area contributed by atoms with Crippen LogP contribution in [0.5, 0.6) is 0 Å². The summed E-state index contributed by atoms with van der Waals surface area (Å²) in [6, 6.07) is 16.5. The number of carbonyl (C=O) groups is 2. The average molecular weight is 1070 g/mol. The van der Waals surface area contributed by atoms with Crippen LogP contribution >= 0.6 is 11.6 Å². The number of halogens is 4. The zero-order chi connectivity index (χ0) is 53.7. The van der Waals surface area contributed by atoms with Crippen molar-refractivity contribution >= 4 is 85.2 Å². The molecule has 0 fully saturated rings. The van der Waals surface area contributed by atoms with Crippen molar-refractivity contribution in [2.45, 2.75) is 57.4 Å². The van der Waals surface area contributed by atoms with E-state index < -0.39 is 28.8 Å². The summed E-state index contributed by atoms with van der Waals surface area (Å²) < 4.78 is 44.2. The number of rotatable bonds is 10. The van der Waals surface area contributed by atoms with Crippen molar-refractivity contribution in [3.63, 3.8) is 0 Å². The molecule has 9 aromatic heterocycles. The van der Waals surface area contributed by atoms with E-state index >= 15 is 0 Å². The maximum Gasteiger partial charge on any atom is 1.00 e. The number of esters is 2. The number of hydrogen-bond acceptors (Lipinski definition) is 20. The number of ether oxygens (including phenoxy) is 2. The van der Waals surface area contributed by atoms with Gasteiger partial charge in [0.2, 0.25) is 5.54 Å². The number of aromatic nitrogens is 12. The van der Waals surface area contributed by atoms with E-state index in [1.807, 2.05) is 56.3 Å². The number of anilines is 2. The Kier molecular flexibility index (Phi) is 21.6. The van der Waals surface area contributed by atoms with Crippen molar-refractivity contribution in [3.8, 4) is 34.2 Å². The molecule has 0 amide bonds. The van der Waals surface area contributed by atoms with Gasteiger partial charge in [0.15, 0.2) is 34.8 Å². The van der Waals surface area contributed by atoms with Crippen molar-refractivity contribution in [2.75, 3.05) is 31.5 Å². The fourth-order valence-electron chi connectivity index (χ4n) is 6.27. The maximum atomic E-state index is 12.0. The van der Waals surface area contributed by atoms with Gasteiger partial charge in [-0.15, -0.1) is 0 Å². The van der Waals surface area contributed by atoms with Gasteiger partial charge in [-0.05, 0) is 89.2 Å². The summed E-state index contributed by atoms with van der Waals surface area (Å²) in [7, 11) is 2.20. The number of hydrogen-bond donors (Lipinski definition) is 4. The molecule has 1 unspecified atom stereocenters. The molecule has 5 N–H and O–H groups in total. The summed E-state index contributed by atoms with van der Waals surface area (Å²) in [5.41, 5.74) is 5.07. The molecular weight excluding hydrogens is 1020 g/mol. The molecule has 0 aliphatic heterocycles. The van der Waals surface area contributed by atoms with Crippen molar-refractivity contribution in [3.05, 3.63) is 134 Å². The van der Waals surface area contributed by atoms with E-state index in [0.29, 0.717) is 46.7 Å². The standard InChI is InChI=1S/C17H17N5O2.C16H17N5O.C12H7ClN4.C5H8F3NO2.Al.Li.4H/c1-17(2,16(23)24-3)22-15-12-6-9-19-10-13(12)20-14(21-15)11-4-7-18-8-5-11;1-16(2,10-22)21-15-12-5-8-18-9-13(12)19-14(20-15)11-3-6-17-7-4-11;13-11-9-3-6-15-7-10(9)16-12(17-11)8-1-4-14-5-2-8;1-4(9,3(10)11-2)5(6,7)8;;;;;;/h4-10H,1-3H3,(H,20,21,22);3-9,22H,10H2,1-2H3,(H,19,20,21);1-7H;9H2,1-2H3;;;;;;/q;;;;;+1;;;;-1. The van der Waals surface area contributed by atoms with Crippen molar-refractivity contribution in [1.29, 1.82) is 0 Å². The molecule has 0 bridgehead atoms. The summed E-state index contributed by atoms with van der Waals surface area (Å²) >= 11 is 6.12. The molecule has 1 atom stereocenters. The number of methoxy groups -OCH3 is 2. The van der Waals surface area contributed by atoms with E-state index in [1.54, 1.807) is 100 Å². The Hall–Kier alpha value is -7.41. The largest absolute Gasteiger partial charge is 1.00 e. The third-order valence-electron chi connectivity index (χ3n) is 10.4. The first kappa shape index (κ1) is 61.1. The van der Waals surface area contributed by atoms with Crippen LogP contribution in [0.3, 0.4) is 0 Å². The Labute approximate surface area is 463 Å². The van der Waals surface area contributed by atoms with E-state index in [9.17, 15) is 27.9 Å². The van der Waals surface area contributed by atoms with Crippen LogP contribution in [0.2, 0.25) is 5.15 Å². The molecule has 20 nitrogen and oxygen atoms in total. The minimum absolute atomic E-state index is 0. The molecule has 9 rings (SSSR count). The zero-order valence-electron chi connectivity index (χ0n) is 42.9. The van der Waals surface area contributed by atoms with Crippen LogP contribution in [0.25, 0.3) is 66.9 Å². The number of carbonyl (C=O) groups excluding carboxylic acids is 2. The number of pyridine rings is 6. The van der Waals surface area contributed by atoms with E-state index in [-0.39, 0.29) is 50.2 Å². The summed E-state index contributed by atoms with van der Waals surface area (Å²) in [6.45, 7) is 7.84. The van der Waals surface area contributed by atoms with Crippen LogP contribution in [-0.2, 0) is 19.1 Å². The number of nitrogens with one attached hydrogen (secondary N) is 2. The molecule has 0 aliphatic carbocycles. The second kappa shape index (κ2) is 26.9. The van der Waals surface area contributed by atoms with E-state index in [4.69, 9.17) is 16.3 Å². The number of nitrogens with two attached hydrogens (primary N) is 1. The first-order valence-corrected chi connectivity index (χ1v) is 22.5. The first-order chi connectivity index (χ1) is 35.2. The molecule has 0 saturated heterocycles. The minimum atomic E-state index is -4.78. The predicted octanol–water partition coefficient (Wildman–Crippen LogP) is 3.83. The fourth-order valence-corrected chi connectivity index (χ4v) is 6.51. The second-order valence-corrected chi connectivity index (χ2v) is 17.5. The molecule has 0 aromatic carbocycles. The van der Waals surface area contributed by atoms with Gasteiger partial charge >= 0.3 is 37.0 Å². The summed E-state index contributed by atoms with van der Waals surface area (Å²) in [4.78, 5) is 73.6. The molecule has 0 aliphatic rings. The monoisotopic (exact) mass is 1070 g/mol. The number of nitrogens with zero attached hydrogens (tertiary/aromatic N) is 12. The number of alkyl halides is 3. The van der Waals surface area contributed by atoms with Gasteiger partial charge in [0, 0.05) is 88.6 Å². The number of fused-ring (bicyclic) bond motifs is 3. The first-order valence-electron chi connectivity index (χ1n) is 22.1. The molecule has 26 heteroatoms. The van der Waals surface area contributed by atoms with Crippen LogP contribution in [0.15, 0.2) is 129 Å². The van der Waals surface area contributed by atoms with Crippen LogP contribution in [0, 0.1) is 0 Å². The zero-order valence-corrected chi connectivity index (χ0v) is 42.6. The Morgan fingerprint density at radius 3 is 1.26 bits per heavy atom. The van der Waals surface area contributed by atoms with Gasteiger partial charge in [0.25, 0.3) is 0 Å². The molecule has 0 radical (unpaired) electrons. The predicted molar refractivity (Wildman–Crippen MR) is 283 cm³/mol. The maximum absolute atomic E-state index is 12.0. The van der Waals surface area contributed by atoms with Crippen molar-refractivity contribution in [2.24, 2.45) is 5.73 Å². The normalized spacial score (nSPS) is 11.8. The average Bonchev–Trinajstić information content (AvgIpc) is 3.41. The third-order valence-corrected chi connectivity index (χ3v) is 10.7. The molecule has 76 heavy (non-hydrogen) atoms. The van der Waals surface area contributed by atoms with E-state index in [0.717, 1.165) is 51.0 Å². The van der Waals surface area contributed by atoms with Gasteiger partial charge in [-0.1, -0.05) is 11.6 Å². The fraction of sp³-hybridized carbons (Fsp3) is 0.240. The van der Waals surface area contributed by atoms with Gasteiger partial charge in [0.05, 0.1) is 61.5 Å². The van der Waals surface area contributed by atoms with Crippen molar-refractivity contribution in [1.82, 2.24) is 59.8 Å². The Bertz CT molecular complexity index is 3370. The second-order valence-electron chi connectivity index (χ2n) is 17.1. The number of aliphatic hydroxyl groups excluding tert-OH is 1. The van der Waals surface area contributed by atoms with Crippen LogP contribution in [-0.4, -0.2) is 138 Å². The Balaban J connectivity index is 0.000000276. The third kappa shape index (κ3) is 15.6. The van der Waals surface area contributed by atoms with Gasteiger partial charge in [-0.25, -0.2) is 39.5 Å². The molecule has 0 saturated carbocycles. The summed E-state index contributed by atoms with van der Waals surface area (Å²) in [5, 5.41) is 18.8. The SMILES string of the molecule is CC(C)(CO)Nc1nc(-c2ccncc2)nc2cnccc12.COC(=O)C(C)(C)Nc1nc(-c2ccncc2)nc2cnccc12.COC(=O)C(C)(N)C(F)(F)F.Clc1nc(-c2ccncc2)nc2cnccc12.[AlH3].[H-].[Li+]. The van der Waals surface area contributed by atoms with Crippen LogP contribution in [0.1, 0.15) is 36.0 Å². The van der Waals surface area contributed by atoms with E-state index in [2.05, 4.69) is 80.9 Å². The molecular formula is C50H53AlClF3LiN15O5. The molecule has 390 valence electrons. The van der Waals surface area contributed by atoms with Gasteiger partial charge < -0.3 is 32.4 Å². The molecule has 9 heterocycles. The number of aliphatic hydroxyl groups is 1. The minimum Gasteiger partial charge on any atom is -1.00 e. The quantitative estimate of drug-likeness (QED) is 0.0860. The smallest absolute Gasteiger partial charge is 1.00 e. The van der Waals surface area contributed by atoms with Crippen LogP contribution in [0.4, 0.5) is 24.8 Å². The Morgan fingerprint density at radius 2 is 0.908 bits per heavy atom. The van der Waals surface area contributed by atoms with Crippen molar-refractivity contribution < 1.29 is 57.6 Å². The van der Waals surface area contributed by atoms with Gasteiger partial charge in [-0.2, -0.15) is 13.2 Å². The van der Waals surface area contributed by atoms with Gasteiger partial charge in [-0.3, -0.25) is 29.9 Å². The topological polar surface area (TPSA) is 278 Å². The van der Waals surface area contributed by atoms with Crippen LogP contribution < -0.4 is 35.2 Å². The summed E-state index contributed by atoms with van der Waals surface area (Å²) in [6.07, 6.45) is 15.5. The molecule has 0 spiro atoms. The Morgan fingerprint density at radius 1 is 0.566 bits per heavy atom. The summed E-state index contributed by atoms with van der Waals surface area (Å²) in [5.74, 6) is 1.06. The van der Waals surface area contributed by atoms with E-state index in [1.165, 1.54) is 7.11 Å². The van der Waals surface area contributed by atoms with Gasteiger partial charge in [0.1, 0.15) is 22.3 Å². The molecule has 9 aromatic rings.